The van der Waals surface area contributed by atoms with Crippen molar-refractivity contribution in [1.82, 2.24) is 19.7 Å². The number of amides is 1. The van der Waals surface area contributed by atoms with Crippen LogP contribution in [0.3, 0.4) is 0 Å². The van der Waals surface area contributed by atoms with Crippen molar-refractivity contribution in [2.24, 2.45) is 0 Å². The van der Waals surface area contributed by atoms with E-state index in [2.05, 4.69) is 27.1 Å². The van der Waals surface area contributed by atoms with E-state index in [4.69, 9.17) is 28.6 Å². The van der Waals surface area contributed by atoms with Crippen LogP contribution >= 0.6 is 35.2 Å². The van der Waals surface area contributed by atoms with Gasteiger partial charge in [-0.05, 0) is 49.8 Å². The summed E-state index contributed by atoms with van der Waals surface area (Å²) in [5, 5.41) is 10.9. The van der Waals surface area contributed by atoms with Crippen LogP contribution in [-0.4, -0.2) is 32.3 Å². The van der Waals surface area contributed by atoms with Crippen LogP contribution in [0.5, 0.6) is 5.75 Å². The number of aromatic amines is 1. The Balaban J connectivity index is 1.69. The number of anilines is 1. The van der Waals surface area contributed by atoms with Crippen LogP contribution in [0.4, 0.5) is 5.13 Å². The quantitative estimate of drug-likeness (QED) is 0.420. The second kappa shape index (κ2) is 8.68. The number of H-pyrrole nitrogens is 1. The number of ether oxygens (including phenoxy) is 1. The third-order valence-corrected chi connectivity index (χ3v) is 5.62. The van der Waals surface area contributed by atoms with E-state index in [1.54, 1.807) is 24.3 Å². The lowest BCUT2D eigenvalue weighted by Gasteiger charge is -2.07. The Labute approximate surface area is 176 Å². The minimum atomic E-state index is -0.308. The number of rotatable bonds is 7. The smallest absolute Gasteiger partial charge is 0.264 e. The highest BCUT2D eigenvalue weighted by atomic mass is 35.5. The Morgan fingerprint density at radius 1 is 1.50 bits per heavy atom. The van der Waals surface area contributed by atoms with Gasteiger partial charge >= 0.3 is 0 Å². The molecule has 0 saturated heterocycles. The first-order valence-electron chi connectivity index (χ1n) is 8.31. The van der Waals surface area contributed by atoms with Gasteiger partial charge in [-0.15, -0.1) is 6.58 Å². The molecule has 0 atom stereocenters. The molecule has 2 aromatic heterocycles. The lowest BCUT2D eigenvalue weighted by Crippen LogP contribution is -2.20. The molecule has 0 fully saturated rings. The van der Waals surface area contributed by atoms with E-state index in [9.17, 15) is 4.79 Å². The lowest BCUT2D eigenvalue weighted by molar-refractivity contribution is -0.118. The van der Waals surface area contributed by atoms with Crippen molar-refractivity contribution in [3.8, 4) is 16.5 Å². The van der Waals surface area contributed by atoms with Gasteiger partial charge in [-0.1, -0.05) is 29.0 Å². The largest absolute Gasteiger partial charge is 0.484 e. The number of hydrogen-bond acceptors (Lipinski definition) is 6. The number of carbonyl (C=O) groups is 1. The Hall–Kier alpha value is -2.49. The van der Waals surface area contributed by atoms with E-state index in [1.807, 2.05) is 18.4 Å². The van der Waals surface area contributed by atoms with E-state index in [-0.39, 0.29) is 12.5 Å². The van der Waals surface area contributed by atoms with E-state index in [0.717, 1.165) is 16.1 Å². The Kier molecular flexibility index (Phi) is 6.28. The molecule has 2 heterocycles. The second-order valence-corrected chi connectivity index (χ2v) is 7.73. The summed E-state index contributed by atoms with van der Waals surface area (Å²) < 4.78 is 7.83. The molecule has 0 aliphatic heterocycles. The van der Waals surface area contributed by atoms with Gasteiger partial charge in [0.15, 0.2) is 22.3 Å². The third-order valence-electron chi connectivity index (χ3n) is 3.82. The molecule has 3 aromatic rings. The topological polar surface area (TPSA) is 84.8 Å². The zero-order valence-electron chi connectivity index (χ0n) is 15.3. The number of allylic oxidation sites excluding steroid dienone is 1. The Morgan fingerprint density at radius 3 is 3.00 bits per heavy atom. The molecule has 146 valence electrons. The molecule has 0 saturated carbocycles. The van der Waals surface area contributed by atoms with Gasteiger partial charge in [-0.3, -0.25) is 19.8 Å². The van der Waals surface area contributed by atoms with Crippen molar-refractivity contribution in [3.05, 3.63) is 51.9 Å². The first-order valence-corrected chi connectivity index (χ1v) is 9.92. The van der Waals surface area contributed by atoms with Crippen molar-refractivity contribution >= 4 is 46.2 Å². The SMILES string of the molecule is C=CCn1c(-c2sc(NC(=O)COc3ccc(Cl)c(C)c3)nc2C)n[nH]c1=S. The van der Waals surface area contributed by atoms with Crippen molar-refractivity contribution in [2.75, 3.05) is 11.9 Å². The molecule has 0 unspecified atom stereocenters. The zero-order valence-corrected chi connectivity index (χ0v) is 17.7. The molecular weight excluding hydrogens is 418 g/mol. The van der Waals surface area contributed by atoms with Crippen LogP contribution in [0, 0.1) is 18.6 Å². The van der Waals surface area contributed by atoms with Crippen LogP contribution in [0.2, 0.25) is 5.02 Å². The summed E-state index contributed by atoms with van der Waals surface area (Å²) in [6, 6.07) is 5.23. The third kappa shape index (κ3) is 4.49. The van der Waals surface area contributed by atoms with Gasteiger partial charge in [0, 0.05) is 11.6 Å². The highest BCUT2D eigenvalue weighted by Crippen LogP contribution is 2.31. The summed E-state index contributed by atoms with van der Waals surface area (Å²) in [6.07, 6.45) is 1.74. The van der Waals surface area contributed by atoms with Crippen LogP contribution in [0.15, 0.2) is 30.9 Å². The summed E-state index contributed by atoms with van der Waals surface area (Å²) in [5.74, 6) is 0.930. The number of aryl methyl sites for hydroxylation is 2. The molecule has 28 heavy (non-hydrogen) atoms. The van der Waals surface area contributed by atoms with Gasteiger partial charge in [0.25, 0.3) is 5.91 Å². The molecule has 0 spiro atoms. The fourth-order valence-corrected chi connectivity index (χ4v) is 3.76. The van der Waals surface area contributed by atoms with Crippen LogP contribution in [0.1, 0.15) is 11.3 Å². The van der Waals surface area contributed by atoms with E-state index >= 15 is 0 Å². The number of aromatic nitrogens is 4. The molecule has 10 heteroatoms. The number of thiazole rings is 1. The number of carbonyl (C=O) groups excluding carboxylic acids is 1. The molecule has 0 radical (unpaired) electrons. The van der Waals surface area contributed by atoms with Gasteiger partial charge < -0.3 is 4.74 Å². The Bertz CT molecular complexity index is 1090. The van der Waals surface area contributed by atoms with E-state index in [0.29, 0.717) is 33.0 Å². The predicted molar refractivity (Wildman–Crippen MR) is 114 cm³/mol. The normalized spacial score (nSPS) is 10.7. The fourth-order valence-electron chi connectivity index (χ4n) is 2.46. The molecule has 2 N–H and O–H groups in total. The monoisotopic (exact) mass is 435 g/mol. The summed E-state index contributed by atoms with van der Waals surface area (Å²) >= 11 is 12.6. The molecule has 0 aliphatic rings. The molecule has 1 amide bonds. The fraction of sp³-hybridized carbons (Fsp3) is 0.222. The lowest BCUT2D eigenvalue weighted by atomic mass is 10.2. The van der Waals surface area contributed by atoms with Gasteiger partial charge in [0.2, 0.25) is 0 Å². The van der Waals surface area contributed by atoms with Crippen molar-refractivity contribution in [1.29, 1.82) is 0 Å². The number of halogens is 1. The van der Waals surface area contributed by atoms with Crippen LogP contribution < -0.4 is 10.1 Å². The average Bonchev–Trinajstić information content (AvgIpc) is 3.19. The highest BCUT2D eigenvalue weighted by Gasteiger charge is 2.17. The van der Waals surface area contributed by atoms with Crippen molar-refractivity contribution < 1.29 is 9.53 Å². The predicted octanol–water partition coefficient (Wildman–Crippen LogP) is 4.54. The molecule has 0 aliphatic carbocycles. The second-order valence-electron chi connectivity index (χ2n) is 5.93. The number of nitrogens with zero attached hydrogens (tertiary/aromatic N) is 3. The minimum absolute atomic E-state index is 0.135. The van der Waals surface area contributed by atoms with Gasteiger partial charge in [-0.2, -0.15) is 5.10 Å². The maximum atomic E-state index is 12.2. The van der Waals surface area contributed by atoms with E-state index < -0.39 is 0 Å². The summed E-state index contributed by atoms with van der Waals surface area (Å²) in [5.41, 5.74) is 1.63. The number of hydrogen-bond donors (Lipinski definition) is 2. The maximum Gasteiger partial charge on any atom is 0.264 e. The first kappa shape index (κ1) is 20.2. The number of benzene rings is 1. The molecular formula is C18H18ClN5O2S2. The first-order chi connectivity index (χ1) is 13.4. The highest BCUT2D eigenvalue weighted by molar-refractivity contribution is 7.71. The Morgan fingerprint density at radius 2 is 2.29 bits per heavy atom. The molecule has 0 bridgehead atoms. The van der Waals surface area contributed by atoms with Gasteiger partial charge in [0.1, 0.15) is 5.75 Å². The zero-order chi connectivity index (χ0) is 20.3. The molecule has 1 aromatic carbocycles. The molecule has 7 nitrogen and oxygen atoms in total. The van der Waals surface area contributed by atoms with Crippen molar-refractivity contribution in [2.45, 2.75) is 20.4 Å². The standard InChI is InChI=1S/C18H18ClN5O2S2/c1-4-7-24-16(22-23-18(24)27)15-11(3)20-17(28-15)21-14(25)9-26-12-5-6-13(19)10(2)8-12/h4-6,8H,1,7,9H2,2-3H3,(H,23,27)(H,20,21,25). The minimum Gasteiger partial charge on any atom is -0.484 e. The van der Waals surface area contributed by atoms with Gasteiger partial charge in [-0.25, -0.2) is 4.98 Å². The van der Waals surface area contributed by atoms with Crippen molar-refractivity contribution in [3.63, 3.8) is 0 Å². The van der Waals surface area contributed by atoms with Crippen LogP contribution in [0.25, 0.3) is 10.7 Å². The average molecular weight is 436 g/mol. The summed E-state index contributed by atoms with van der Waals surface area (Å²) in [6.45, 7) is 7.85. The van der Waals surface area contributed by atoms with E-state index in [1.165, 1.54) is 11.3 Å². The van der Waals surface area contributed by atoms with Crippen LogP contribution in [-0.2, 0) is 11.3 Å². The molecule has 3 rings (SSSR count). The summed E-state index contributed by atoms with van der Waals surface area (Å²) in [7, 11) is 0. The summed E-state index contributed by atoms with van der Waals surface area (Å²) in [4.78, 5) is 17.4. The maximum absolute atomic E-state index is 12.2. The van der Waals surface area contributed by atoms with Gasteiger partial charge in [0.05, 0.1) is 10.6 Å². The number of nitrogens with one attached hydrogen (secondary N) is 2.